The summed E-state index contributed by atoms with van der Waals surface area (Å²) in [4.78, 5) is 28.3. The van der Waals surface area contributed by atoms with Gasteiger partial charge in [0.1, 0.15) is 5.75 Å². The van der Waals surface area contributed by atoms with E-state index < -0.39 is 0 Å². The van der Waals surface area contributed by atoms with Gasteiger partial charge < -0.3 is 14.8 Å². The van der Waals surface area contributed by atoms with Gasteiger partial charge in [-0.3, -0.25) is 9.59 Å². The zero-order valence-corrected chi connectivity index (χ0v) is 15.2. The molecule has 0 bridgehead atoms. The van der Waals surface area contributed by atoms with Crippen molar-refractivity contribution in [3.63, 3.8) is 0 Å². The number of amides is 1. The van der Waals surface area contributed by atoms with Crippen molar-refractivity contribution in [2.75, 3.05) is 13.2 Å². The van der Waals surface area contributed by atoms with Crippen molar-refractivity contribution >= 4 is 11.7 Å². The van der Waals surface area contributed by atoms with Gasteiger partial charge in [0.2, 0.25) is 11.8 Å². The Morgan fingerprint density at radius 2 is 1.73 bits per heavy atom. The van der Waals surface area contributed by atoms with Gasteiger partial charge in [0.15, 0.2) is 5.78 Å². The van der Waals surface area contributed by atoms with Gasteiger partial charge in [-0.2, -0.15) is 0 Å². The molecule has 0 aliphatic carbocycles. The summed E-state index contributed by atoms with van der Waals surface area (Å²) < 4.78 is 10.8. The van der Waals surface area contributed by atoms with E-state index in [0.29, 0.717) is 31.2 Å². The third-order valence-corrected chi connectivity index (χ3v) is 3.67. The summed E-state index contributed by atoms with van der Waals surface area (Å²) in [5.74, 6) is 0.985. The van der Waals surface area contributed by atoms with Gasteiger partial charge in [-0.25, -0.2) is 4.98 Å². The highest BCUT2D eigenvalue weighted by Crippen LogP contribution is 2.15. The van der Waals surface area contributed by atoms with Crippen LogP contribution in [0.3, 0.4) is 0 Å². The molecule has 2 rings (SSSR count). The van der Waals surface area contributed by atoms with Gasteiger partial charge in [-0.05, 0) is 44.2 Å². The Balaban J connectivity index is 1.80. The lowest BCUT2D eigenvalue weighted by Crippen LogP contribution is -2.23. The molecule has 0 aliphatic rings. The molecule has 6 heteroatoms. The zero-order valence-electron chi connectivity index (χ0n) is 15.2. The van der Waals surface area contributed by atoms with Crippen molar-refractivity contribution in [1.82, 2.24) is 10.3 Å². The first-order chi connectivity index (χ1) is 12.6. The molecule has 1 N–H and O–H groups in total. The first kappa shape index (κ1) is 19.4. The van der Waals surface area contributed by atoms with Gasteiger partial charge in [-0.1, -0.05) is 6.07 Å². The number of benzene rings is 1. The molecule has 1 heterocycles. The van der Waals surface area contributed by atoms with Gasteiger partial charge in [0.05, 0.1) is 13.2 Å². The summed E-state index contributed by atoms with van der Waals surface area (Å²) in [7, 11) is 0. The SMILES string of the molecule is CCOc1ccc(C(=O)CCC(=O)NCc2cccnc2OCC)cc1. The third-order valence-electron chi connectivity index (χ3n) is 3.67. The van der Waals surface area contributed by atoms with Crippen LogP contribution in [0.15, 0.2) is 42.6 Å². The number of Topliss-reactive ketones (excluding diaryl/α,β-unsaturated/α-hetero) is 1. The first-order valence-electron chi connectivity index (χ1n) is 8.73. The predicted octanol–water partition coefficient (Wildman–Crippen LogP) is 3.16. The molecular formula is C20H24N2O4. The van der Waals surface area contributed by atoms with E-state index in [0.717, 1.165) is 11.3 Å². The van der Waals surface area contributed by atoms with E-state index in [1.54, 1.807) is 36.5 Å². The molecule has 2 aromatic rings. The maximum Gasteiger partial charge on any atom is 0.220 e. The van der Waals surface area contributed by atoms with Crippen LogP contribution < -0.4 is 14.8 Å². The second-order valence-electron chi connectivity index (χ2n) is 5.56. The first-order valence-corrected chi connectivity index (χ1v) is 8.73. The summed E-state index contributed by atoms with van der Waals surface area (Å²) in [5, 5.41) is 2.80. The minimum atomic E-state index is -0.185. The Labute approximate surface area is 153 Å². The van der Waals surface area contributed by atoms with E-state index in [2.05, 4.69) is 10.3 Å². The summed E-state index contributed by atoms with van der Waals surface area (Å²) in [6, 6.07) is 10.6. The van der Waals surface area contributed by atoms with Crippen molar-refractivity contribution < 1.29 is 19.1 Å². The normalized spacial score (nSPS) is 10.2. The standard InChI is InChI=1S/C20H24N2O4/c1-3-25-17-9-7-15(8-10-17)18(23)11-12-19(24)22-14-16-6-5-13-21-20(16)26-4-2/h5-10,13H,3-4,11-12,14H2,1-2H3,(H,22,24). The van der Waals surface area contributed by atoms with Gasteiger partial charge in [-0.15, -0.1) is 0 Å². The van der Waals surface area contributed by atoms with Crippen LogP contribution in [-0.4, -0.2) is 29.9 Å². The second kappa shape index (κ2) is 10.2. The lowest BCUT2D eigenvalue weighted by molar-refractivity contribution is -0.121. The minimum Gasteiger partial charge on any atom is -0.494 e. The highest BCUT2D eigenvalue weighted by molar-refractivity contribution is 5.98. The molecule has 1 aromatic heterocycles. The predicted molar refractivity (Wildman–Crippen MR) is 98.4 cm³/mol. The second-order valence-corrected chi connectivity index (χ2v) is 5.56. The highest BCUT2D eigenvalue weighted by atomic mass is 16.5. The van der Waals surface area contributed by atoms with Crippen LogP contribution >= 0.6 is 0 Å². The average molecular weight is 356 g/mol. The van der Waals surface area contributed by atoms with Crippen molar-refractivity contribution in [1.29, 1.82) is 0 Å². The topological polar surface area (TPSA) is 77.5 Å². The fraction of sp³-hybridized carbons (Fsp3) is 0.350. The van der Waals surface area contributed by atoms with E-state index in [1.165, 1.54) is 0 Å². The molecule has 26 heavy (non-hydrogen) atoms. The van der Waals surface area contributed by atoms with Gasteiger partial charge in [0.25, 0.3) is 0 Å². The minimum absolute atomic E-state index is 0.0698. The summed E-state index contributed by atoms with van der Waals surface area (Å²) in [6.07, 6.45) is 1.94. The number of pyridine rings is 1. The maximum atomic E-state index is 12.2. The number of carbonyl (C=O) groups excluding carboxylic acids is 2. The van der Waals surface area contributed by atoms with Crippen molar-refractivity contribution in [3.8, 4) is 11.6 Å². The van der Waals surface area contributed by atoms with Crippen molar-refractivity contribution in [3.05, 3.63) is 53.7 Å². The van der Waals surface area contributed by atoms with Crippen LogP contribution in [0, 0.1) is 0 Å². The fourth-order valence-electron chi connectivity index (χ4n) is 2.38. The van der Waals surface area contributed by atoms with Crippen LogP contribution in [0.5, 0.6) is 11.6 Å². The molecule has 0 atom stereocenters. The number of ketones is 1. The van der Waals surface area contributed by atoms with Crippen LogP contribution in [0.1, 0.15) is 42.6 Å². The van der Waals surface area contributed by atoms with Crippen LogP contribution in [-0.2, 0) is 11.3 Å². The lowest BCUT2D eigenvalue weighted by atomic mass is 10.1. The Morgan fingerprint density at radius 3 is 2.42 bits per heavy atom. The molecule has 138 valence electrons. The maximum absolute atomic E-state index is 12.2. The molecule has 0 saturated heterocycles. The van der Waals surface area contributed by atoms with E-state index >= 15 is 0 Å². The zero-order chi connectivity index (χ0) is 18.8. The molecule has 1 amide bonds. The lowest BCUT2D eigenvalue weighted by Gasteiger charge is -2.09. The molecule has 1 aromatic carbocycles. The number of nitrogens with zero attached hydrogens (tertiary/aromatic N) is 1. The Bertz CT molecular complexity index is 729. The summed E-state index contributed by atoms with van der Waals surface area (Å²) in [6.45, 7) is 5.19. The van der Waals surface area contributed by atoms with Crippen molar-refractivity contribution in [2.24, 2.45) is 0 Å². The Kier molecular flexibility index (Phi) is 7.61. The number of aromatic nitrogens is 1. The molecule has 0 radical (unpaired) electrons. The number of nitrogens with one attached hydrogen (secondary N) is 1. The quantitative estimate of drug-likeness (QED) is 0.662. The molecule has 0 saturated carbocycles. The van der Waals surface area contributed by atoms with Crippen molar-refractivity contribution in [2.45, 2.75) is 33.2 Å². The molecule has 6 nitrogen and oxygen atoms in total. The van der Waals surface area contributed by atoms with Crippen LogP contribution in [0.2, 0.25) is 0 Å². The summed E-state index contributed by atoms with van der Waals surface area (Å²) in [5.41, 5.74) is 1.38. The number of carbonyl (C=O) groups is 2. The number of hydrogen-bond acceptors (Lipinski definition) is 5. The number of ether oxygens (including phenoxy) is 2. The largest absolute Gasteiger partial charge is 0.494 e. The van der Waals surface area contributed by atoms with Gasteiger partial charge in [0, 0.05) is 36.7 Å². The summed E-state index contributed by atoms with van der Waals surface area (Å²) >= 11 is 0. The molecule has 0 aliphatic heterocycles. The van der Waals surface area contributed by atoms with Crippen LogP contribution in [0.4, 0.5) is 0 Å². The molecule has 0 fully saturated rings. The molecule has 0 unspecified atom stereocenters. The Hall–Kier alpha value is -2.89. The van der Waals surface area contributed by atoms with Crippen LogP contribution in [0.25, 0.3) is 0 Å². The molecule has 0 spiro atoms. The van der Waals surface area contributed by atoms with E-state index in [1.807, 2.05) is 19.9 Å². The van der Waals surface area contributed by atoms with E-state index in [4.69, 9.17) is 9.47 Å². The van der Waals surface area contributed by atoms with E-state index in [-0.39, 0.29) is 24.5 Å². The third kappa shape index (κ3) is 5.88. The molecular weight excluding hydrogens is 332 g/mol. The average Bonchev–Trinajstić information content (AvgIpc) is 2.66. The highest BCUT2D eigenvalue weighted by Gasteiger charge is 2.11. The number of rotatable bonds is 10. The Morgan fingerprint density at radius 1 is 1.00 bits per heavy atom. The smallest absolute Gasteiger partial charge is 0.220 e. The van der Waals surface area contributed by atoms with Gasteiger partial charge >= 0.3 is 0 Å². The van der Waals surface area contributed by atoms with E-state index in [9.17, 15) is 9.59 Å². The fourth-order valence-corrected chi connectivity index (χ4v) is 2.38. The number of hydrogen-bond donors (Lipinski definition) is 1. The monoisotopic (exact) mass is 356 g/mol.